The Morgan fingerprint density at radius 3 is 2.90 bits per heavy atom. The standard InChI is InChI=1S/C8H14N2/c9-3-4-10-6-7-1-2-8(10)5-7/h1-2,7-8H,3-6,9H2/t7-,8-/m1/s1. The summed E-state index contributed by atoms with van der Waals surface area (Å²) < 4.78 is 0. The number of rotatable bonds is 2. The third-order valence-corrected chi connectivity index (χ3v) is 2.50. The van der Waals surface area contributed by atoms with Gasteiger partial charge in [0.25, 0.3) is 0 Å². The second-order valence-corrected chi connectivity index (χ2v) is 3.23. The molecule has 0 amide bonds. The van der Waals surface area contributed by atoms with Crippen molar-refractivity contribution >= 4 is 0 Å². The van der Waals surface area contributed by atoms with Crippen molar-refractivity contribution in [1.82, 2.24) is 4.90 Å². The molecule has 0 unspecified atom stereocenters. The van der Waals surface area contributed by atoms with E-state index in [0.29, 0.717) is 0 Å². The predicted molar refractivity (Wildman–Crippen MR) is 41.7 cm³/mol. The second-order valence-electron chi connectivity index (χ2n) is 3.23. The van der Waals surface area contributed by atoms with Crippen molar-refractivity contribution in [2.45, 2.75) is 12.5 Å². The molecule has 0 spiro atoms. The first-order valence-electron chi connectivity index (χ1n) is 4.02. The third kappa shape index (κ3) is 0.879. The summed E-state index contributed by atoms with van der Waals surface area (Å²) >= 11 is 0. The lowest BCUT2D eigenvalue weighted by Crippen LogP contribution is -2.34. The molecule has 0 aromatic rings. The smallest absolute Gasteiger partial charge is 0.0285 e. The van der Waals surface area contributed by atoms with E-state index in [1.807, 2.05) is 0 Å². The van der Waals surface area contributed by atoms with Gasteiger partial charge in [-0.2, -0.15) is 0 Å². The van der Waals surface area contributed by atoms with Gasteiger partial charge in [-0.15, -0.1) is 0 Å². The molecule has 0 aromatic carbocycles. The van der Waals surface area contributed by atoms with Crippen LogP contribution in [0, 0.1) is 5.92 Å². The number of nitrogens with zero attached hydrogens (tertiary/aromatic N) is 1. The fourth-order valence-electron chi connectivity index (χ4n) is 2.02. The fraction of sp³-hybridized carbons (Fsp3) is 0.750. The molecule has 2 heteroatoms. The van der Waals surface area contributed by atoms with E-state index in [1.54, 1.807) is 0 Å². The van der Waals surface area contributed by atoms with E-state index in [9.17, 15) is 0 Å². The van der Waals surface area contributed by atoms with E-state index >= 15 is 0 Å². The van der Waals surface area contributed by atoms with Gasteiger partial charge in [0.1, 0.15) is 0 Å². The summed E-state index contributed by atoms with van der Waals surface area (Å²) in [5.41, 5.74) is 5.47. The Morgan fingerprint density at radius 1 is 1.50 bits per heavy atom. The number of likely N-dealkylation sites (tertiary alicyclic amines) is 1. The van der Waals surface area contributed by atoms with Gasteiger partial charge in [-0.1, -0.05) is 12.2 Å². The molecule has 10 heavy (non-hydrogen) atoms. The van der Waals surface area contributed by atoms with Crippen LogP contribution >= 0.6 is 0 Å². The van der Waals surface area contributed by atoms with E-state index in [4.69, 9.17) is 5.73 Å². The van der Waals surface area contributed by atoms with Crippen LogP contribution in [0.3, 0.4) is 0 Å². The number of hydrogen-bond donors (Lipinski definition) is 1. The van der Waals surface area contributed by atoms with Gasteiger partial charge in [-0.05, 0) is 12.3 Å². The second kappa shape index (κ2) is 2.36. The summed E-state index contributed by atoms with van der Waals surface area (Å²) in [5.74, 6) is 0.844. The minimum Gasteiger partial charge on any atom is -0.329 e. The van der Waals surface area contributed by atoms with Crippen LogP contribution in [-0.2, 0) is 0 Å². The van der Waals surface area contributed by atoms with Gasteiger partial charge in [0.05, 0.1) is 0 Å². The zero-order valence-corrected chi connectivity index (χ0v) is 6.16. The Hall–Kier alpha value is -0.340. The first-order valence-corrected chi connectivity index (χ1v) is 4.02. The summed E-state index contributed by atoms with van der Waals surface area (Å²) in [7, 11) is 0. The first-order chi connectivity index (χ1) is 4.90. The van der Waals surface area contributed by atoms with Crippen LogP contribution in [-0.4, -0.2) is 30.6 Å². The topological polar surface area (TPSA) is 29.3 Å². The molecule has 2 atom stereocenters. The Morgan fingerprint density at radius 2 is 2.40 bits per heavy atom. The highest BCUT2D eigenvalue weighted by atomic mass is 15.2. The molecule has 1 fully saturated rings. The zero-order chi connectivity index (χ0) is 6.97. The van der Waals surface area contributed by atoms with Crippen LogP contribution in [0.5, 0.6) is 0 Å². The summed E-state index contributed by atoms with van der Waals surface area (Å²) in [5, 5.41) is 0. The third-order valence-electron chi connectivity index (χ3n) is 2.50. The summed E-state index contributed by atoms with van der Waals surface area (Å²) in [6, 6.07) is 0.730. The Balaban J connectivity index is 1.96. The lowest BCUT2D eigenvalue weighted by molar-refractivity contribution is 0.288. The molecule has 0 aromatic heterocycles. The average Bonchev–Trinajstić information content (AvgIpc) is 2.48. The maximum absolute atomic E-state index is 5.47. The van der Waals surface area contributed by atoms with E-state index in [2.05, 4.69) is 17.1 Å². The van der Waals surface area contributed by atoms with Crippen LogP contribution in [0.25, 0.3) is 0 Å². The predicted octanol–water partition coefficient (Wildman–Crippen LogP) is 0.205. The number of hydrogen-bond acceptors (Lipinski definition) is 2. The molecule has 2 bridgehead atoms. The molecule has 2 aliphatic rings. The van der Waals surface area contributed by atoms with Gasteiger partial charge < -0.3 is 5.73 Å². The number of nitrogens with two attached hydrogens (primary N) is 1. The van der Waals surface area contributed by atoms with Crippen molar-refractivity contribution in [2.75, 3.05) is 19.6 Å². The van der Waals surface area contributed by atoms with Crippen molar-refractivity contribution in [2.24, 2.45) is 11.7 Å². The van der Waals surface area contributed by atoms with Crippen molar-refractivity contribution in [3.05, 3.63) is 12.2 Å². The minimum atomic E-state index is 0.730. The normalized spacial score (nSPS) is 37.7. The quantitative estimate of drug-likeness (QED) is 0.552. The van der Waals surface area contributed by atoms with Crippen LogP contribution in [0.15, 0.2) is 12.2 Å². The van der Waals surface area contributed by atoms with Crippen LogP contribution in [0.4, 0.5) is 0 Å². The van der Waals surface area contributed by atoms with Gasteiger partial charge in [-0.3, -0.25) is 4.90 Å². The SMILES string of the molecule is NCCN1C[C@@H]2C=C[C@@H]1C2. The van der Waals surface area contributed by atoms with Gasteiger partial charge >= 0.3 is 0 Å². The van der Waals surface area contributed by atoms with E-state index in [-0.39, 0.29) is 0 Å². The molecule has 1 saturated heterocycles. The first kappa shape index (κ1) is 6.38. The highest BCUT2D eigenvalue weighted by molar-refractivity contribution is 5.12. The Labute approximate surface area is 61.7 Å². The van der Waals surface area contributed by atoms with Crippen molar-refractivity contribution in [3.8, 4) is 0 Å². The highest BCUT2D eigenvalue weighted by Crippen LogP contribution is 2.30. The molecule has 1 aliphatic carbocycles. The zero-order valence-electron chi connectivity index (χ0n) is 6.16. The summed E-state index contributed by atoms with van der Waals surface area (Å²) in [6.07, 6.45) is 6.02. The average molecular weight is 138 g/mol. The molecule has 1 heterocycles. The van der Waals surface area contributed by atoms with Crippen LogP contribution in [0.2, 0.25) is 0 Å². The summed E-state index contributed by atoms with van der Waals surface area (Å²) in [4.78, 5) is 2.48. The molecule has 56 valence electrons. The molecule has 2 N–H and O–H groups in total. The van der Waals surface area contributed by atoms with Gasteiger partial charge in [0, 0.05) is 25.7 Å². The monoisotopic (exact) mass is 138 g/mol. The minimum absolute atomic E-state index is 0.730. The van der Waals surface area contributed by atoms with E-state index in [0.717, 1.165) is 25.0 Å². The van der Waals surface area contributed by atoms with Crippen LogP contribution in [0.1, 0.15) is 6.42 Å². The maximum atomic E-state index is 5.47. The molecule has 0 radical (unpaired) electrons. The van der Waals surface area contributed by atoms with Gasteiger partial charge in [-0.25, -0.2) is 0 Å². The van der Waals surface area contributed by atoms with Gasteiger partial charge in [0.15, 0.2) is 0 Å². The lowest BCUT2D eigenvalue weighted by Gasteiger charge is -2.22. The largest absolute Gasteiger partial charge is 0.329 e. The number of fused-ring (bicyclic) bond motifs is 2. The molecule has 1 aliphatic heterocycles. The van der Waals surface area contributed by atoms with Crippen LogP contribution < -0.4 is 5.73 Å². The van der Waals surface area contributed by atoms with Crippen molar-refractivity contribution < 1.29 is 0 Å². The molecular formula is C8H14N2. The van der Waals surface area contributed by atoms with E-state index < -0.39 is 0 Å². The Bertz CT molecular complexity index is 153. The van der Waals surface area contributed by atoms with Crippen molar-refractivity contribution in [3.63, 3.8) is 0 Å². The maximum Gasteiger partial charge on any atom is 0.0285 e. The molecular weight excluding hydrogens is 124 g/mol. The van der Waals surface area contributed by atoms with Gasteiger partial charge in [0.2, 0.25) is 0 Å². The van der Waals surface area contributed by atoms with E-state index in [1.165, 1.54) is 13.0 Å². The van der Waals surface area contributed by atoms with Crippen molar-refractivity contribution in [1.29, 1.82) is 0 Å². The molecule has 2 rings (SSSR count). The summed E-state index contributed by atoms with van der Waals surface area (Å²) in [6.45, 7) is 3.13. The fourth-order valence-corrected chi connectivity index (χ4v) is 2.02. The molecule has 2 nitrogen and oxygen atoms in total. The molecule has 0 saturated carbocycles. The Kier molecular flexibility index (Phi) is 1.51. The highest BCUT2D eigenvalue weighted by Gasteiger charge is 2.32. The lowest BCUT2D eigenvalue weighted by atomic mass is 10.2.